The fourth-order valence-electron chi connectivity index (χ4n) is 5.65. The second kappa shape index (κ2) is 7.23. The third-order valence-corrected chi connectivity index (χ3v) is 7.12. The maximum absolute atomic E-state index is 4.56. The minimum Gasteiger partial charge on any atom is -0.309 e. The zero-order chi connectivity index (χ0) is 23.6. The lowest BCUT2D eigenvalue weighted by Crippen LogP contribution is -2.01. The van der Waals surface area contributed by atoms with E-state index in [9.17, 15) is 0 Å². The van der Waals surface area contributed by atoms with Gasteiger partial charge in [-0.1, -0.05) is 66.7 Å². The molecule has 0 aliphatic carbocycles. The molecule has 0 bridgehead atoms. The number of aromatic nitrogens is 5. The van der Waals surface area contributed by atoms with Crippen molar-refractivity contribution in [2.24, 2.45) is 0 Å². The standard InChI is InChI=1S/C31H19N5/c1-2-10-22(11-3-1)35-27-15-14-24-23-12-6-7-13-26(23)36(31-33-18-32-19-34-31)30(24)29(27)25-16-20-8-4-5-9-21(20)17-28(25)35/h1-19H. The summed E-state index contributed by atoms with van der Waals surface area (Å²) < 4.78 is 4.55. The van der Waals surface area contributed by atoms with Crippen molar-refractivity contribution in [2.45, 2.75) is 0 Å². The van der Waals surface area contributed by atoms with Gasteiger partial charge in [-0.15, -0.1) is 0 Å². The third-order valence-electron chi connectivity index (χ3n) is 7.12. The van der Waals surface area contributed by atoms with Crippen LogP contribution in [0.5, 0.6) is 0 Å². The predicted octanol–water partition coefficient (Wildman–Crippen LogP) is 7.22. The minimum atomic E-state index is 0.616. The number of benzene rings is 5. The van der Waals surface area contributed by atoms with E-state index in [2.05, 4.69) is 127 Å². The van der Waals surface area contributed by atoms with E-state index in [-0.39, 0.29) is 0 Å². The largest absolute Gasteiger partial charge is 0.309 e. The van der Waals surface area contributed by atoms with E-state index in [1.165, 1.54) is 37.8 Å². The molecule has 0 amide bonds. The zero-order valence-electron chi connectivity index (χ0n) is 19.2. The molecule has 3 heterocycles. The average Bonchev–Trinajstić information content (AvgIpc) is 3.45. The van der Waals surface area contributed by atoms with Gasteiger partial charge in [0.05, 0.1) is 22.1 Å². The Morgan fingerprint density at radius 2 is 1.22 bits per heavy atom. The minimum absolute atomic E-state index is 0.616. The second-order valence-corrected chi connectivity index (χ2v) is 9.03. The molecule has 8 rings (SSSR count). The molecule has 8 aromatic rings. The van der Waals surface area contributed by atoms with Crippen LogP contribution in [-0.2, 0) is 0 Å². The number of nitrogens with zero attached hydrogens (tertiary/aromatic N) is 5. The van der Waals surface area contributed by atoms with Crippen LogP contribution in [0.3, 0.4) is 0 Å². The zero-order valence-corrected chi connectivity index (χ0v) is 19.2. The van der Waals surface area contributed by atoms with E-state index in [0.717, 1.165) is 22.2 Å². The highest BCUT2D eigenvalue weighted by Crippen LogP contribution is 2.42. The van der Waals surface area contributed by atoms with Crippen molar-refractivity contribution in [2.75, 3.05) is 0 Å². The number of rotatable bonds is 2. The molecule has 0 saturated carbocycles. The van der Waals surface area contributed by atoms with Crippen molar-refractivity contribution in [3.63, 3.8) is 0 Å². The summed E-state index contributed by atoms with van der Waals surface area (Å²) in [4.78, 5) is 13.2. The molecule has 5 heteroatoms. The summed E-state index contributed by atoms with van der Waals surface area (Å²) in [5, 5.41) is 7.19. The molecular formula is C31H19N5. The highest BCUT2D eigenvalue weighted by atomic mass is 15.2. The smallest absolute Gasteiger partial charge is 0.237 e. The molecule has 5 aromatic carbocycles. The van der Waals surface area contributed by atoms with Crippen LogP contribution in [0, 0.1) is 0 Å². The summed E-state index contributed by atoms with van der Waals surface area (Å²) >= 11 is 0. The van der Waals surface area contributed by atoms with Crippen molar-refractivity contribution in [3.8, 4) is 11.6 Å². The Bertz CT molecular complexity index is 2090. The average molecular weight is 462 g/mol. The van der Waals surface area contributed by atoms with Crippen LogP contribution in [0.4, 0.5) is 0 Å². The summed E-state index contributed by atoms with van der Waals surface area (Å²) in [6.07, 6.45) is 3.12. The van der Waals surface area contributed by atoms with Gasteiger partial charge in [0.25, 0.3) is 0 Å². The van der Waals surface area contributed by atoms with E-state index in [4.69, 9.17) is 0 Å². The van der Waals surface area contributed by atoms with Gasteiger partial charge in [0.2, 0.25) is 5.95 Å². The summed E-state index contributed by atoms with van der Waals surface area (Å²) in [6, 6.07) is 36.7. The van der Waals surface area contributed by atoms with Crippen LogP contribution in [0.1, 0.15) is 0 Å². The van der Waals surface area contributed by atoms with Crippen LogP contribution < -0.4 is 0 Å². The van der Waals surface area contributed by atoms with Crippen molar-refractivity contribution in [1.29, 1.82) is 0 Å². The molecule has 0 aliphatic rings. The molecule has 0 aliphatic heterocycles. The Morgan fingerprint density at radius 1 is 0.500 bits per heavy atom. The highest BCUT2D eigenvalue weighted by Gasteiger charge is 2.21. The first-order valence-electron chi connectivity index (χ1n) is 12.0. The quantitative estimate of drug-likeness (QED) is 0.273. The first kappa shape index (κ1) is 19.3. The molecule has 0 atom stereocenters. The first-order chi connectivity index (χ1) is 17.9. The monoisotopic (exact) mass is 461 g/mol. The first-order valence-corrected chi connectivity index (χ1v) is 12.0. The number of hydrogen-bond donors (Lipinski definition) is 0. The van der Waals surface area contributed by atoms with Crippen LogP contribution in [0.2, 0.25) is 0 Å². The summed E-state index contributed by atoms with van der Waals surface area (Å²) in [6.45, 7) is 0. The fourth-order valence-corrected chi connectivity index (χ4v) is 5.65. The van der Waals surface area contributed by atoms with Gasteiger partial charge in [-0.3, -0.25) is 4.57 Å². The Balaban J connectivity index is 1.68. The van der Waals surface area contributed by atoms with E-state index in [1.807, 2.05) is 0 Å². The van der Waals surface area contributed by atoms with Crippen LogP contribution >= 0.6 is 0 Å². The lowest BCUT2D eigenvalue weighted by Gasteiger charge is -2.08. The molecule has 5 nitrogen and oxygen atoms in total. The summed E-state index contributed by atoms with van der Waals surface area (Å²) in [7, 11) is 0. The van der Waals surface area contributed by atoms with E-state index < -0.39 is 0 Å². The van der Waals surface area contributed by atoms with Gasteiger partial charge < -0.3 is 4.57 Å². The van der Waals surface area contributed by atoms with Crippen molar-refractivity contribution in [1.82, 2.24) is 24.1 Å². The van der Waals surface area contributed by atoms with Crippen LogP contribution in [0.25, 0.3) is 66.0 Å². The number of fused-ring (bicyclic) bond motifs is 8. The number of hydrogen-bond acceptors (Lipinski definition) is 3. The molecule has 0 unspecified atom stereocenters. The normalized spacial score (nSPS) is 11.9. The Hall–Kier alpha value is -5.03. The lowest BCUT2D eigenvalue weighted by atomic mass is 10.0. The molecule has 3 aromatic heterocycles. The molecule has 0 fully saturated rings. The van der Waals surface area contributed by atoms with E-state index >= 15 is 0 Å². The number of para-hydroxylation sites is 2. The molecule has 0 radical (unpaired) electrons. The van der Waals surface area contributed by atoms with Crippen LogP contribution in [0.15, 0.2) is 116 Å². The summed E-state index contributed by atoms with van der Waals surface area (Å²) in [5.41, 5.74) is 5.64. The van der Waals surface area contributed by atoms with Crippen molar-refractivity contribution < 1.29 is 0 Å². The van der Waals surface area contributed by atoms with Gasteiger partial charge >= 0.3 is 0 Å². The Labute approximate surface area is 205 Å². The third kappa shape index (κ3) is 2.57. The molecule has 0 N–H and O–H groups in total. The maximum atomic E-state index is 4.56. The summed E-state index contributed by atoms with van der Waals surface area (Å²) in [5.74, 6) is 0.616. The molecule has 168 valence electrons. The molecule has 0 spiro atoms. The van der Waals surface area contributed by atoms with Gasteiger partial charge in [0, 0.05) is 27.2 Å². The molecular weight excluding hydrogens is 442 g/mol. The highest BCUT2D eigenvalue weighted by molar-refractivity contribution is 6.27. The lowest BCUT2D eigenvalue weighted by molar-refractivity contribution is 0.941. The maximum Gasteiger partial charge on any atom is 0.237 e. The molecule has 0 saturated heterocycles. The van der Waals surface area contributed by atoms with Gasteiger partial charge in [0.1, 0.15) is 12.7 Å². The van der Waals surface area contributed by atoms with E-state index in [0.29, 0.717) is 5.95 Å². The predicted molar refractivity (Wildman–Crippen MR) is 146 cm³/mol. The van der Waals surface area contributed by atoms with E-state index in [1.54, 1.807) is 12.7 Å². The van der Waals surface area contributed by atoms with Gasteiger partial charge in [-0.05, 0) is 47.2 Å². The van der Waals surface area contributed by atoms with Gasteiger partial charge in [0.15, 0.2) is 0 Å². The van der Waals surface area contributed by atoms with Crippen molar-refractivity contribution >= 4 is 54.4 Å². The van der Waals surface area contributed by atoms with Crippen molar-refractivity contribution in [3.05, 3.63) is 116 Å². The van der Waals surface area contributed by atoms with Gasteiger partial charge in [-0.2, -0.15) is 0 Å². The van der Waals surface area contributed by atoms with Gasteiger partial charge in [-0.25, -0.2) is 15.0 Å². The topological polar surface area (TPSA) is 48.5 Å². The fraction of sp³-hybridized carbons (Fsp3) is 0. The SMILES string of the molecule is c1ccc(-n2c3cc4ccccc4cc3c3c2ccc2c4ccccc4n(-c4ncncn4)c23)cc1. The molecule has 36 heavy (non-hydrogen) atoms. The second-order valence-electron chi connectivity index (χ2n) is 9.03. The van der Waals surface area contributed by atoms with Crippen LogP contribution in [-0.4, -0.2) is 24.1 Å². The Morgan fingerprint density at radius 3 is 2.06 bits per heavy atom. The Kier molecular flexibility index (Phi) is 3.88.